The number of halogens is 1. The van der Waals surface area contributed by atoms with E-state index in [9.17, 15) is 9.59 Å². The molecule has 4 N–H and O–H groups in total. The zero-order valence-corrected chi connectivity index (χ0v) is 16.2. The van der Waals surface area contributed by atoms with Crippen LogP contribution in [0.4, 0.5) is 5.69 Å². The van der Waals surface area contributed by atoms with E-state index in [2.05, 4.69) is 15.8 Å². The molecule has 0 aromatic heterocycles. The summed E-state index contributed by atoms with van der Waals surface area (Å²) >= 11 is 5.85. The van der Waals surface area contributed by atoms with Gasteiger partial charge in [-0.1, -0.05) is 54.1 Å². The van der Waals surface area contributed by atoms with Gasteiger partial charge in [-0.2, -0.15) is 5.10 Å². The van der Waals surface area contributed by atoms with Gasteiger partial charge in [-0.15, -0.1) is 0 Å². The van der Waals surface area contributed by atoms with Gasteiger partial charge < -0.3 is 11.1 Å². The number of amides is 2. The summed E-state index contributed by atoms with van der Waals surface area (Å²) in [4.78, 5) is 25.2. The Labute approximate surface area is 173 Å². The van der Waals surface area contributed by atoms with Crippen LogP contribution in [0.3, 0.4) is 0 Å². The maximum Gasteiger partial charge on any atom is 0.273 e. The van der Waals surface area contributed by atoms with E-state index >= 15 is 0 Å². The lowest BCUT2D eigenvalue weighted by Crippen LogP contribution is -2.23. The first-order valence-electron chi connectivity index (χ1n) is 8.86. The molecule has 7 heteroatoms. The van der Waals surface area contributed by atoms with Crippen LogP contribution in [0.15, 0.2) is 77.9 Å². The maximum absolute atomic E-state index is 12.7. The van der Waals surface area contributed by atoms with Crippen molar-refractivity contribution in [2.45, 2.75) is 6.54 Å². The molecule has 0 aliphatic carbocycles. The molecule has 0 fully saturated rings. The molecule has 6 nitrogen and oxygen atoms in total. The van der Waals surface area contributed by atoms with Gasteiger partial charge in [0.25, 0.3) is 11.8 Å². The smallest absolute Gasteiger partial charge is 0.273 e. The number of benzene rings is 3. The monoisotopic (exact) mass is 406 g/mol. The van der Waals surface area contributed by atoms with E-state index in [1.54, 1.807) is 66.7 Å². The summed E-state index contributed by atoms with van der Waals surface area (Å²) in [5.74, 6) is -0.793. The molecule has 0 heterocycles. The molecule has 0 saturated carbocycles. The third-order valence-corrected chi connectivity index (χ3v) is 4.39. The van der Waals surface area contributed by atoms with Crippen LogP contribution in [0, 0.1) is 0 Å². The van der Waals surface area contributed by atoms with E-state index < -0.39 is 5.91 Å². The first kappa shape index (κ1) is 20.3. The molecule has 0 aliphatic rings. The number of carbonyl (C=O) groups excluding carboxylic acids is 2. The molecule has 0 saturated heterocycles. The molecule has 3 aromatic rings. The van der Waals surface area contributed by atoms with Gasteiger partial charge in [0, 0.05) is 17.1 Å². The van der Waals surface area contributed by atoms with Crippen molar-refractivity contribution in [1.82, 2.24) is 5.43 Å². The molecule has 0 aliphatic heterocycles. The molecule has 3 rings (SSSR count). The second-order valence-electron chi connectivity index (χ2n) is 6.11. The van der Waals surface area contributed by atoms with E-state index in [0.29, 0.717) is 21.8 Å². The molecule has 3 aromatic carbocycles. The van der Waals surface area contributed by atoms with Crippen LogP contribution < -0.4 is 16.5 Å². The molecule has 29 heavy (non-hydrogen) atoms. The Kier molecular flexibility index (Phi) is 6.73. The lowest BCUT2D eigenvalue weighted by Gasteiger charge is -2.14. The topological polar surface area (TPSA) is 96.6 Å². The second kappa shape index (κ2) is 9.64. The Balaban J connectivity index is 1.80. The van der Waals surface area contributed by atoms with Gasteiger partial charge in [-0.05, 0) is 41.5 Å². The number of nitrogens with two attached hydrogens (primary N) is 1. The number of hydrogen-bond donors (Lipinski definition) is 3. The summed E-state index contributed by atoms with van der Waals surface area (Å²) in [5.41, 5.74) is 10.8. The molecule has 0 atom stereocenters. The van der Waals surface area contributed by atoms with Crippen molar-refractivity contribution in [3.05, 3.63) is 100 Å². The van der Waals surface area contributed by atoms with Crippen LogP contribution in [0.5, 0.6) is 0 Å². The number of nitrogens with zero attached hydrogens (tertiary/aromatic N) is 1. The minimum Gasteiger partial charge on any atom is -0.326 e. The van der Waals surface area contributed by atoms with Crippen molar-refractivity contribution in [1.29, 1.82) is 0 Å². The molecular formula is C22H19ClN4O2. The Morgan fingerprint density at radius 2 is 1.66 bits per heavy atom. The fourth-order valence-electron chi connectivity index (χ4n) is 2.66. The Morgan fingerprint density at radius 1 is 0.931 bits per heavy atom. The summed E-state index contributed by atoms with van der Waals surface area (Å²) in [6.45, 7) is 0.166. The Bertz CT molecular complexity index is 1030. The molecule has 0 bridgehead atoms. The van der Waals surface area contributed by atoms with Crippen LogP contribution in [0.2, 0.25) is 5.02 Å². The molecule has 0 spiro atoms. The second-order valence-corrected chi connectivity index (χ2v) is 6.55. The van der Waals surface area contributed by atoms with Gasteiger partial charge in [-0.25, -0.2) is 5.43 Å². The van der Waals surface area contributed by atoms with Gasteiger partial charge in [0.1, 0.15) is 0 Å². The molecule has 2 amide bonds. The Hall–Kier alpha value is -3.48. The average Bonchev–Trinajstić information content (AvgIpc) is 2.75. The molecule has 0 unspecified atom stereocenters. The summed E-state index contributed by atoms with van der Waals surface area (Å²) in [6.07, 6.45) is 1.50. The number of rotatable bonds is 6. The third-order valence-electron chi connectivity index (χ3n) is 4.14. The minimum atomic E-state index is -0.464. The van der Waals surface area contributed by atoms with Crippen molar-refractivity contribution in [2.24, 2.45) is 10.8 Å². The van der Waals surface area contributed by atoms with Crippen LogP contribution >= 0.6 is 11.6 Å². The zero-order chi connectivity index (χ0) is 20.6. The van der Waals surface area contributed by atoms with Crippen LogP contribution in [0.1, 0.15) is 31.8 Å². The first-order valence-corrected chi connectivity index (χ1v) is 9.23. The highest BCUT2D eigenvalue weighted by Crippen LogP contribution is 2.22. The average molecular weight is 407 g/mol. The quantitative estimate of drug-likeness (QED) is 0.429. The summed E-state index contributed by atoms with van der Waals surface area (Å²) in [5, 5.41) is 7.38. The molecule has 146 valence electrons. The largest absolute Gasteiger partial charge is 0.326 e. The molecular weight excluding hydrogens is 388 g/mol. The number of anilines is 1. The fraction of sp³-hybridized carbons (Fsp3) is 0.0455. The van der Waals surface area contributed by atoms with Crippen LogP contribution in [-0.2, 0) is 6.54 Å². The lowest BCUT2D eigenvalue weighted by atomic mass is 10.1. The van der Waals surface area contributed by atoms with Crippen molar-refractivity contribution in [2.75, 3.05) is 5.32 Å². The SMILES string of the molecule is NCc1cccc(C(=O)N/N=C/c2ccc(Cl)cc2)c1NC(=O)c1ccccc1. The zero-order valence-electron chi connectivity index (χ0n) is 15.4. The van der Waals surface area contributed by atoms with Crippen LogP contribution in [-0.4, -0.2) is 18.0 Å². The van der Waals surface area contributed by atoms with E-state index in [0.717, 1.165) is 5.56 Å². The minimum absolute atomic E-state index is 0.166. The Morgan fingerprint density at radius 3 is 2.34 bits per heavy atom. The van der Waals surface area contributed by atoms with Gasteiger partial charge in [0.2, 0.25) is 0 Å². The lowest BCUT2D eigenvalue weighted by molar-refractivity contribution is 0.0956. The van der Waals surface area contributed by atoms with E-state index in [4.69, 9.17) is 17.3 Å². The number of hydrogen-bond acceptors (Lipinski definition) is 4. The maximum atomic E-state index is 12.7. The van der Waals surface area contributed by atoms with Crippen LogP contribution in [0.25, 0.3) is 0 Å². The van der Waals surface area contributed by atoms with Gasteiger partial charge >= 0.3 is 0 Å². The number of nitrogens with one attached hydrogen (secondary N) is 2. The predicted molar refractivity (Wildman–Crippen MR) is 115 cm³/mol. The summed E-state index contributed by atoms with van der Waals surface area (Å²) in [6, 6.07) is 20.8. The normalized spacial score (nSPS) is 10.7. The van der Waals surface area contributed by atoms with E-state index in [-0.39, 0.29) is 18.0 Å². The van der Waals surface area contributed by atoms with Crippen molar-refractivity contribution < 1.29 is 9.59 Å². The third kappa shape index (κ3) is 5.28. The standard InChI is InChI=1S/C22H19ClN4O2/c23-18-11-9-15(10-12-18)14-25-27-22(29)19-8-4-7-17(13-24)20(19)26-21(28)16-5-2-1-3-6-16/h1-12,14H,13,24H2,(H,26,28)(H,27,29)/b25-14+. The first-order chi connectivity index (χ1) is 14.1. The highest BCUT2D eigenvalue weighted by Gasteiger charge is 2.17. The molecule has 0 radical (unpaired) electrons. The summed E-state index contributed by atoms with van der Waals surface area (Å²) in [7, 11) is 0. The van der Waals surface area contributed by atoms with Gasteiger partial charge in [0.15, 0.2) is 0 Å². The van der Waals surface area contributed by atoms with Gasteiger partial charge in [-0.3, -0.25) is 9.59 Å². The van der Waals surface area contributed by atoms with Gasteiger partial charge in [0.05, 0.1) is 17.5 Å². The summed E-state index contributed by atoms with van der Waals surface area (Å²) < 4.78 is 0. The van der Waals surface area contributed by atoms with E-state index in [1.165, 1.54) is 6.21 Å². The number of para-hydroxylation sites is 1. The predicted octanol–water partition coefficient (Wildman–Crippen LogP) is 3.81. The van der Waals surface area contributed by atoms with Crippen molar-refractivity contribution in [3.63, 3.8) is 0 Å². The highest BCUT2D eigenvalue weighted by molar-refractivity contribution is 6.30. The van der Waals surface area contributed by atoms with Crippen molar-refractivity contribution >= 4 is 35.3 Å². The van der Waals surface area contributed by atoms with Crippen molar-refractivity contribution in [3.8, 4) is 0 Å². The number of hydrazone groups is 1. The fourth-order valence-corrected chi connectivity index (χ4v) is 2.78. The van der Waals surface area contributed by atoms with E-state index in [1.807, 2.05) is 6.07 Å². The number of carbonyl (C=O) groups is 2. The highest BCUT2D eigenvalue weighted by atomic mass is 35.5.